The number of likely N-dealkylation sites (tertiary alicyclic amines) is 1. The predicted molar refractivity (Wildman–Crippen MR) is 183 cm³/mol. The first-order valence-electron chi connectivity index (χ1n) is 17.4. The highest BCUT2D eigenvalue weighted by atomic mass is 19.1. The van der Waals surface area contributed by atoms with E-state index >= 15 is 4.39 Å². The molecular formula is C38H41F2N5O4. The van der Waals surface area contributed by atoms with Crippen LogP contribution in [0, 0.1) is 29.4 Å². The lowest BCUT2D eigenvalue weighted by Crippen LogP contribution is -2.61. The molecule has 11 heteroatoms. The zero-order valence-corrected chi connectivity index (χ0v) is 27.7. The Balaban J connectivity index is 1.21. The lowest BCUT2D eigenvalue weighted by Gasteiger charge is -2.55. The van der Waals surface area contributed by atoms with E-state index in [1.165, 1.54) is 30.5 Å². The van der Waals surface area contributed by atoms with E-state index in [4.69, 9.17) is 20.9 Å². The van der Waals surface area contributed by atoms with Crippen LogP contribution in [0.25, 0.3) is 32.9 Å². The van der Waals surface area contributed by atoms with Gasteiger partial charge in [-0.25, -0.2) is 8.78 Å². The minimum Gasteiger partial charge on any atom is -0.508 e. The quantitative estimate of drug-likeness (QED) is 0.241. The maximum atomic E-state index is 16.9. The summed E-state index contributed by atoms with van der Waals surface area (Å²) < 4.78 is 44.0. The molecule has 2 atom stereocenters. The number of hydrogen-bond donors (Lipinski definition) is 2. The minimum atomic E-state index is -0.742. The third-order valence-corrected chi connectivity index (χ3v) is 11.3. The zero-order valence-electron chi connectivity index (χ0n) is 27.7. The van der Waals surface area contributed by atoms with Gasteiger partial charge >= 0.3 is 6.01 Å². The summed E-state index contributed by atoms with van der Waals surface area (Å²) in [5.41, 5.74) is -0.632. The predicted octanol–water partition coefficient (Wildman–Crippen LogP) is 5.96. The van der Waals surface area contributed by atoms with E-state index in [0.29, 0.717) is 61.6 Å². The Morgan fingerprint density at radius 3 is 2.73 bits per heavy atom. The highest BCUT2D eigenvalue weighted by molar-refractivity contribution is 6.03. The molecule has 2 saturated carbocycles. The van der Waals surface area contributed by atoms with Gasteiger partial charge in [0.25, 0.3) is 0 Å². The Morgan fingerprint density at radius 1 is 1.08 bits per heavy atom. The number of benzene rings is 2. The fourth-order valence-corrected chi connectivity index (χ4v) is 9.00. The van der Waals surface area contributed by atoms with Gasteiger partial charge in [-0.05, 0) is 82.0 Å². The molecular weight excluding hydrogens is 628 g/mol. The molecule has 0 spiro atoms. The molecule has 2 saturated heterocycles. The van der Waals surface area contributed by atoms with Crippen LogP contribution in [0.3, 0.4) is 0 Å². The molecule has 2 aliphatic carbocycles. The Hall–Kier alpha value is -4.11. The van der Waals surface area contributed by atoms with Crippen molar-refractivity contribution in [3.8, 4) is 35.4 Å². The molecule has 4 fully saturated rings. The van der Waals surface area contributed by atoms with Gasteiger partial charge in [0.2, 0.25) is 0 Å². The average molecular weight is 670 g/mol. The van der Waals surface area contributed by atoms with Gasteiger partial charge in [-0.2, -0.15) is 9.97 Å². The first kappa shape index (κ1) is 32.1. The third kappa shape index (κ3) is 5.64. The smallest absolute Gasteiger partial charge is 0.319 e. The van der Waals surface area contributed by atoms with Crippen LogP contribution in [0.2, 0.25) is 0 Å². The number of phenolic OH excluding ortho intramolecular Hbond substituents is 1. The number of anilines is 1. The highest BCUT2D eigenvalue weighted by Gasteiger charge is 2.53. The van der Waals surface area contributed by atoms with E-state index in [1.807, 2.05) is 6.92 Å². The summed E-state index contributed by atoms with van der Waals surface area (Å²) >= 11 is 0. The summed E-state index contributed by atoms with van der Waals surface area (Å²) in [6.07, 6.45) is 14.9. The van der Waals surface area contributed by atoms with Crippen molar-refractivity contribution in [1.82, 2.24) is 19.9 Å². The molecule has 256 valence electrons. The van der Waals surface area contributed by atoms with Crippen LogP contribution in [0.15, 0.2) is 30.5 Å². The Bertz CT molecular complexity index is 1970. The van der Waals surface area contributed by atoms with Gasteiger partial charge in [0.15, 0.2) is 5.82 Å². The van der Waals surface area contributed by atoms with E-state index in [1.54, 1.807) is 0 Å². The van der Waals surface area contributed by atoms with E-state index in [2.05, 4.69) is 25.7 Å². The largest absolute Gasteiger partial charge is 0.508 e. The lowest BCUT2D eigenvalue weighted by molar-refractivity contribution is -0.117. The molecule has 2 N–H and O–H groups in total. The van der Waals surface area contributed by atoms with Crippen molar-refractivity contribution >= 4 is 27.5 Å². The van der Waals surface area contributed by atoms with Crippen molar-refractivity contribution in [2.45, 2.75) is 76.0 Å². The number of halogens is 2. The number of piperidine rings is 1. The number of pyridine rings is 1. The molecule has 0 amide bonds. The van der Waals surface area contributed by atoms with E-state index < -0.39 is 17.2 Å². The van der Waals surface area contributed by atoms with Crippen LogP contribution in [-0.4, -0.2) is 87.2 Å². The van der Waals surface area contributed by atoms with Gasteiger partial charge in [0.1, 0.15) is 28.6 Å². The number of aromatic hydroxyl groups is 1. The lowest BCUT2D eigenvalue weighted by atomic mass is 9.70. The normalized spacial score (nSPS) is 27.4. The fraction of sp³-hybridized carbons (Fsp3) is 0.500. The molecule has 2 unspecified atom stereocenters. The Labute approximate surface area is 284 Å². The van der Waals surface area contributed by atoms with Gasteiger partial charge in [-0.3, -0.25) is 9.88 Å². The second kappa shape index (κ2) is 12.3. The molecule has 9 nitrogen and oxygen atoms in total. The molecule has 8 rings (SSSR count). The minimum absolute atomic E-state index is 0.0211. The number of phenols is 1. The van der Waals surface area contributed by atoms with Crippen molar-refractivity contribution in [3.63, 3.8) is 0 Å². The van der Waals surface area contributed by atoms with Gasteiger partial charge in [0.05, 0.1) is 29.8 Å². The van der Waals surface area contributed by atoms with Crippen LogP contribution < -0.4 is 9.64 Å². The molecule has 0 bridgehead atoms. The number of aliphatic hydroxyl groups is 1. The summed E-state index contributed by atoms with van der Waals surface area (Å²) in [6, 6.07) is 6.35. The van der Waals surface area contributed by atoms with Gasteiger partial charge < -0.3 is 24.6 Å². The van der Waals surface area contributed by atoms with Crippen molar-refractivity contribution in [2.24, 2.45) is 5.41 Å². The van der Waals surface area contributed by atoms with E-state index in [-0.39, 0.29) is 44.9 Å². The highest BCUT2D eigenvalue weighted by Crippen LogP contribution is 2.51. The number of aromatic nitrogens is 3. The summed E-state index contributed by atoms with van der Waals surface area (Å²) in [6.45, 7) is 5.68. The summed E-state index contributed by atoms with van der Waals surface area (Å²) in [5.74, 6) is 1.41. The van der Waals surface area contributed by atoms with Crippen LogP contribution in [0.5, 0.6) is 11.8 Å². The van der Waals surface area contributed by atoms with Crippen LogP contribution >= 0.6 is 0 Å². The maximum Gasteiger partial charge on any atom is 0.319 e. The number of nitrogens with zero attached hydrogens (tertiary/aromatic N) is 5. The third-order valence-electron chi connectivity index (χ3n) is 11.3. The van der Waals surface area contributed by atoms with Crippen molar-refractivity contribution in [2.75, 3.05) is 44.4 Å². The van der Waals surface area contributed by atoms with E-state index in [0.717, 1.165) is 57.9 Å². The molecule has 0 radical (unpaired) electrons. The molecule has 4 aromatic rings. The molecule has 4 aliphatic rings. The fourth-order valence-electron chi connectivity index (χ4n) is 9.00. The molecule has 2 aliphatic heterocycles. The van der Waals surface area contributed by atoms with Gasteiger partial charge in [-0.15, -0.1) is 6.42 Å². The molecule has 49 heavy (non-hydrogen) atoms. The number of hydrogen-bond acceptors (Lipinski definition) is 9. The standard InChI is InChI=1S/C38H41F2N5O4/c1-3-26-29(39)9-8-23-17-25(46)18-27(31(23)26)33-32(40)34-28(21-41-33)35(44-12-6-15-48-16-14-44)43-36(42-34)49-22-38-10-4-7-30(38)45(13-5-11-38)24-19-37(2,47)20-24/h1,8-9,17-18,21,24,30,46-47H,4-7,10-16,19-20,22H2,2H3. The van der Waals surface area contributed by atoms with E-state index in [9.17, 15) is 14.6 Å². The summed E-state index contributed by atoms with van der Waals surface area (Å²) in [4.78, 5) is 18.7. The van der Waals surface area contributed by atoms with Gasteiger partial charge in [-0.1, -0.05) is 18.4 Å². The number of ether oxygens (including phenoxy) is 2. The Kier molecular flexibility index (Phi) is 8.09. The van der Waals surface area contributed by atoms with Gasteiger partial charge in [0, 0.05) is 54.3 Å². The first-order chi connectivity index (χ1) is 23.7. The summed E-state index contributed by atoms with van der Waals surface area (Å²) in [7, 11) is 0. The summed E-state index contributed by atoms with van der Waals surface area (Å²) in [5, 5.41) is 22.2. The van der Waals surface area contributed by atoms with Crippen LogP contribution in [0.1, 0.15) is 63.9 Å². The number of fused-ring (bicyclic) bond motifs is 3. The average Bonchev–Trinajstić information content (AvgIpc) is 3.32. The van der Waals surface area contributed by atoms with Crippen molar-refractivity contribution < 1.29 is 28.5 Å². The SMILES string of the molecule is C#Cc1c(F)ccc2cc(O)cc(-c3ncc4c(N5CCCOCC5)nc(OCC56CCCC5N(C5CC(C)(O)C5)CCC6)nc4c3F)c12. The second-order valence-corrected chi connectivity index (χ2v) is 14.6. The monoisotopic (exact) mass is 669 g/mol. The van der Waals surface area contributed by atoms with Crippen LogP contribution in [0.4, 0.5) is 14.6 Å². The number of rotatable bonds is 6. The topological polar surface area (TPSA) is 104 Å². The van der Waals surface area contributed by atoms with Crippen molar-refractivity contribution in [3.05, 3.63) is 47.7 Å². The molecule has 2 aromatic heterocycles. The molecule has 4 heterocycles. The first-order valence-corrected chi connectivity index (χ1v) is 17.4. The zero-order chi connectivity index (χ0) is 33.9. The van der Waals surface area contributed by atoms with Crippen LogP contribution in [-0.2, 0) is 4.74 Å². The number of terminal acetylenes is 1. The Morgan fingerprint density at radius 2 is 1.92 bits per heavy atom. The molecule has 2 aromatic carbocycles. The maximum absolute atomic E-state index is 16.9. The second-order valence-electron chi connectivity index (χ2n) is 14.6. The van der Waals surface area contributed by atoms with Crippen molar-refractivity contribution in [1.29, 1.82) is 0 Å².